The minimum Gasteiger partial charge on any atom is -0.424 e. The molecule has 1 heterocycles. The number of rotatable bonds is 8. The molecule has 0 saturated heterocycles. The zero-order valence-electron chi connectivity index (χ0n) is 9.45. The summed E-state index contributed by atoms with van der Waals surface area (Å²) < 4.78 is 5.24. The fraction of sp³-hybridized carbons (Fsp3) is 0.800. The standard InChI is InChI=1S/C10H19N3OS/c1-9-12-13-10(14-9)8-11-6-4-3-5-7-15-2/h11H,3-8H2,1-2H3. The Morgan fingerprint density at radius 3 is 2.80 bits per heavy atom. The number of unbranched alkanes of at least 4 members (excludes halogenated alkanes) is 2. The van der Waals surface area contributed by atoms with E-state index in [0.29, 0.717) is 18.3 Å². The fourth-order valence-electron chi connectivity index (χ4n) is 1.28. The van der Waals surface area contributed by atoms with Crippen molar-refractivity contribution in [3.05, 3.63) is 11.8 Å². The van der Waals surface area contributed by atoms with Gasteiger partial charge in [-0.05, 0) is 31.4 Å². The van der Waals surface area contributed by atoms with Crippen LogP contribution in [-0.4, -0.2) is 28.8 Å². The maximum atomic E-state index is 5.24. The minimum atomic E-state index is 0.631. The van der Waals surface area contributed by atoms with Gasteiger partial charge in [0.05, 0.1) is 6.54 Å². The highest BCUT2D eigenvalue weighted by Crippen LogP contribution is 2.01. The van der Waals surface area contributed by atoms with Gasteiger partial charge in [0.1, 0.15) is 0 Å². The highest BCUT2D eigenvalue weighted by atomic mass is 32.2. The molecule has 1 aromatic rings. The van der Waals surface area contributed by atoms with Gasteiger partial charge in [-0.2, -0.15) is 11.8 Å². The molecule has 0 aromatic carbocycles. The van der Waals surface area contributed by atoms with Crippen LogP contribution in [-0.2, 0) is 6.54 Å². The molecule has 0 radical (unpaired) electrons. The van der Waals surface area contributed by atoms with Crippen LogP contribution in [0.2, 0.25) is 0 Å². The summed E-state index contributed by atoms with van der Waals surface area (Å²) in [5.41, 5.74) is 0. The summed E-state index contributed by atoms with van der Waals surface area (Å²) in [6.07, 6.45) is 5.96. The monoisotopic (exact) mass is 229 g/mol. The summed E-state index contributed by atoms with van der Waals surface area (Å²) in [5, 5.41) is 11.0. The van der Waals surface area contributed by atoms with Crippen LogP contribution in [0.15, 0.2) is 4.42 Å². The maximum Gasteiger partial charge on any atom is 0.230 e. The van der Waals surface area contributed by atoms with Crippen molar-refractivity contribution in [2.24, 2.45) is 0 Å². The second kappa shape index (κ2) is 7.70. The van der Waals surface area contributed by atoms with Gasteiger partial charge in [0.25, 0.3) is 0 Å². The van der Waals surface area contributed by atoms with Crippen LogP contribution >= 0.6 is 11.8 Å². The second-order valence-electron chi connectivity index (χ2n) is 3.45. The van der Waals surface area contributed by atoms with Crippen molar-refractivity contribution >= 4 is 11.8 Å². The van der Waals surface area contributed by atoms with Crippen molar-refractivity contribution in [3.63, 3.8) is 0 Å². The number of nitrogens with zero attached hydrogens (tertiary/aromatic N) is 2. The molecule has 0 aliphatic heterocycles. The lowest BCUT2D eigenvalue weighted by molar-refractivity contribution is 0.444. The normalized spacial score (nSPS) is 10.8. The molecule has 0 saturated carbocycles. The topological polar surface area (TPSA) is 51.0 Å². The van der Waals surface area contributed by atoms with E-state index in [1.54, 1.807) is 6.92 Å². The Morgan fingerprint density at radius 1 is 1.27 bits per heavy atom. The maximum absolute atomic E-state index is 5.24. The molecular weight excluding hydrogens is 210 g/mol. The molecule has 0 atom stereocenters. The lowest BCUT2D eigenvalue weighted by atomic mass is 10.2. The summed E-state index contributed by atoms with van der Waals surface area (Å²) in [5.74, 6) is 2.58. The summed E-state index contributed by atoms with van der Waals surface area (Å²) in [6, 6.07) is 0. The zero-order chi connectivity index (χ0) is 10.9. The van der Waals surface area contributed by atoms with Crippen LogP contribution in [0, 0.1) is 6.92 Å². The van der Waals surface area contributed by atoms with E-state index in [2.05, 4.69) is 21.8 Å². The second-order valence-corrected chi connectivity index (χ2v) is 4.43. The van der Waals surface area contributed by atoms with E-state index < -0.39 is 0 Å². The van der Waals surface area contributed by atoms with Crippen molar-refractivity contribution in [2.45, 2.75) is 32.7 Å². The molecule has 0 aliphatic rings. The summed E-state index contributed by atoms with van der Waals surface area (Å²) in [7, 11) is 0. The lowest BCUT2D eigenvalue weighted by Crippen LogP contribution is -2.14. The molecule has 1 N–H and O–H groups in total. The highest BCUT2D eigenvalue weighted by Gasteiger charge is 2.00. The third kappa shape index (κ3) is 5.79. The SMILES string of the molecule is CSCCCCCNCc1nnc(C)o1. The van der Waals surface area contributed by atoms with Gasteiger partial charge >= 0.3 is 0 Å². The van der Waals surface area contributed by atoms with Gasteiger partial charge < -0.3 is 9.73 Å². The molecule has 1 aromatic heterocycles. The Kier molecular flexibility index (Phi) is 6.43. The molecule has 0 aliphatic carbocycles. The van der Waals surface area contributed by atoms with Crippen LogP contribution in [0.4, 0.5) is 0 Å². The smallest absolute Gasteiger partial charge is 0.230 e. The van der Waals surface area contributed by atoms with Gasteiger partial charge in [-0.15, -0.1) is 10.2 Å². The van der Waals surface area contributed by atoms with Gasteiger partial charge in [-0.1, -0.05) is 6.42 Å². The summed E-state index contributed by atoms with van der Waals surface area (Å²) >= 11 is 1.91. The van der Waals surface area contributed by atoms with Gasteiger partial charge in [0, 0.05) is 6.92 Å². The fourth-order valence-corrected chi connectivity index (χ4v) is 1.77. The number of hydrogen-bond donors (Lipinski definition) is 1. The van der Waals surface area contributed by atoms with E-state index >= 15 is 0 Å². The highest BCUT2D eigenvalue weighted by molar-refractivity contribution is 7.98. The molecule has 0 unspecified atom stereocenters. The van der Waals surface area contributed by atoms with Crippen molar-refractivity contribution in [3.8, 4) is 0 Å². The number of aromatic nitrogens is 2. The van der Waals surface area contributed by atoms with Gasteiger partial charge in [-0.3, -0.25) is 0 Å². The molecule has 4 nitrogen and oxygen atoms in total. The number of hydrogen-bond acceptors (Lipinski definition) is 5. The van der Waals surface area contributed by atoms with E-state index in [0.717, 1.165) is 6.54 Å². The van der Waals surface area contributed by atoms with Crippen LogP contribution in [0.1, 0.15) is 31.0 Å². The first kappa shape index (κ1) is 12.5. The predicted octanol–water partition coefficient (Wildman–Crippen LogP) is 2.00. The van der Waals surface area contributed by atoms with Crippen LogP contribution < -0.4 is 5.32 Å². The van der Waals surface area contributed by atoms with Crippen LogP contribution in [0.3, 0.4) is 0 Å². The first-order chi connectivity index (χ1) is 7.33. The molecule has 0 amide bonds. The van der Waals surface area contributed by atoms with E-state index in [1.807, 2.05) is 11.8 Å². The zero-order valence-corrected chi connectivity index (χ0v) is 10.3. The van der Waals surface area contributed by atoms with Gasteiger partial charge in [0.15, 0.2) is 0 Å². The van der Waals surface area contributed by atoms with Crippen LogP contribution in [0.5, 0.6) is 0 Å². The Balaban J connectivity index is 1.93. The molecule has 0 fully saturated rings. The third-order valence-electron chi connectivity index (χ3n) is 2.05. The van der Waals surface area contributed by atoms with Crippen molar-refractivity contribution in [1.29, 1.82) is 0 Å². The van der Waals surface area contributed by atoms with E-state index in [-0.39, 0.29) is 0 Å². The third-order valence-corrected chi connectivity index (χ3v) is 2.74. The molecule has 5 heteroatoms. The van der Waals surface area contributed by atoms with Crippen LogP contribution in [0.25, 0.3) is 0 Å². The first-order valence-corrected chi connectivity index (χ1v) is 6.71. The lowest BCUT2D eigenvalue weighted by Gasteiger charge is -2.01. The summed E-state index contributed by atoms with van der Waals surface area (Å²) in [4.78, 5) is 0. The largest absolute Gasteiger partial charge is 0.424 e. The van der Waals surface area contributed by atoms with E-state index in [4.69, 9.17) is 4.42 Å². The average Bonchev–Trinajstić information content (AvgIpc) is 2.63. The Hall–Kier alpha value is -0.550. The molecule has 1 rings (SSSR count). The van der Waals surface area contributed by atoms with Crippen molar-refractivity contribution in [2.75, 3.05) is 18.6 Å². The Labute approximate surface area is 95.2 Å². The average molecular weight is 229 g/mol. The predicted molar refractivity (Wildman–Crippen MR) is 63.0 cm³/mol. The first-order valence-electron chi connectivity index (χ1n) is 5.31. The number of aryl methyl sites for hydroxylation is 1. The number of thioether (sulfide) groups is 1. The summed E-state index contributed by atoms with van der Waals surface area (Å²) in [6.45, 7) is 3.51. The van der Waals surface area contributed by atoms with Crippen molar-refractivity contribution < 1.29 is 4.42 Å². The van der Waals surface area contributed by atoms with E-state index in [1.165, 1.54) is 25.0 Å². The Morgan fingerprint density at radius 2 is 2.13 bits per heavy atom. The minimum absolute atomic E-state index is 0.631. The van der Waals surface area contributed by atoms with Gasteiger partial charge in [0.2, 0.25) is 11.8 Å². The number of nitrogens with one attached hydrogen (secondary N) is 1. The molecule has 0 spiro atoms. The Bertz CT molecular complexity index is 265. The molecule has 15 heavy (non-hydrogen) atoms. The van der Waals surface area contributed by atoms with Crippen molar-refractivity contribution in [1.82, 2.24) is 15.5 Å². The quantitative estimate of drug-likeness (QED) is 0.691. The van der Waals surface area contributed by atoms with E-state index in [9.17, 15) is 0 Å². The van der Waals surface area contributed by atoms with Gasteiger partial charge in [-0.25, -0.2) is 0 Å². The molecular formula is C10H19N3OS. The molecule has 0 bridgehead atoms. The molecule has 86 valence electrons.